The van der Waals surface area contributed by atoms with Gasteiger partial charge in [0.25, 0.3) is 0 Å². The summed E-state index contributed by atoms with van der Waals surface area (Å²) in [4.78, 5) is 0. The molecular formula is C8H18ClNO3S. The van der Waals surface area contributed by atoms with Gasteiger partial charge in [0.05, 0.1) is 0 Å². The van der Waals surface area contributed by atoms with Crippen LogP contribution >= 0.6 is 11.6 Å². The van der Waals surface area contributed by atoms with E-state index in [0.717, 1.165) is 0 Å². The van der Waals surface area contributed by atoms with Gasteiger partial charge in [-0.1, -0.05) is 13.8 Å². The van der Waals surface area contributed by atoms with Gasteiger partial charge in [-0.15, -0.1) is 11.6 Å². The van der Waals surface area contributed by atoms with Gasteiger partial charge in [0.1, 0.15) is 5.21 Å². The molecule has 0 saturated carbocycles. The summed E-state index contributed by atoms with van der Waals surface area (Å²) in [5.74, 6) is 0.509. The van der Waals surface area contributed by atoms with Crippen LogP contribution in [0.15, 0.2) is 0 Å². The highest BCUT2D eigenvalue weighted by molar-refractivity contribution is 7.90. The van der Waals surface area contributed by atoms with Crippen molar-refractivity contribution < 1.29 is 13.2 Å². The Morgan fingerprint density at radius 3 is 2.57 bits per heavy atom. The summed E-state index contributed by atoms with van der Waals surface area (Å²) in [5, 5.41) is -0.389. The maximum atomic E-state index is 10.9. The zero-order chi connectivity index (χ0) is 11.0. The van der Waals surface area contributed by atoms with Gasteiger partial charge in [-0.2, -0.15) is 0 Å². The zero-order valence-corrected chi connectivity index (χ0v) is 10.2. The Morgan fingerprint density at radius 1 is 1.43 bits per heavy atom. The molecule has 6 heteroatoms. The fourth-order valence-electron chi connectivity index (χ4n) is 0.760. The molecular weight excluding hydrogens is 226 g/mol. The number of hydrogen-bond acceptors (Lipinski definition) is 3. The standard InChI is InChI=1S/C8H18ClNO3S/c1-8(2)6-13-5-3-4-10-14(11,12)7-9/h8,10H,3-7H2,1-2H3. The number of hydrogen-bond donors (Lipinski definition) is 1. The second-order valence-corrected chi connectivity index (χ2v) is 5.83. The molecule has 0 bridgehead atoms. The monoisotopic (exact) mass is 243 g/mol. The molecule has 0 atom stereocenters. The third-order valence-electron chi connectivity index (χ3n) is 1.38. The molecule has 0 aliphatic heterocycles. The van der Waals surface area contributed by atoms with Crippen molar-refractivity contribution in [3.05, 3.63) is 0 Å². The van der Waals surface area contributed by atoms with Crippen molar-refractivity contribution in [3.8, 4) is 0 Å². The molecule has 1 N–H and O–H groups in total. The van der Waals surface area contributed by atoms with E-state index >= 15 is 0 Å². The van der Waals surface area contributed by atoms with Crippen LogP contribution in [-0.2, 0) is 14.8 Å². The Morgan fingerprint density at radius 2 is 2.07 bits per heavy atom. The van der Waals surface area contributed by atoms with Crippen LogP contribution < -0.4 is 4.72 Å². The van der Waals surface area contributed by atoms with Gasteiger partial charge >= 0.3 is 0 Å². The van der Waals surface area contributed by atoms with E-state index in [4.69, 9.17) is 16.3 Å². The van der Waals surface area contributed by atoms with Gasteiger partial charge in [0, 0.05) is 19.8 Å². The van der Waals surface area contributed by atoms with E-state index in [1.807, 2.05) is 0 Å². The predicted molar refractivity (Wildman–Crippen MR) is 57.9 cm³/mol. The highest BCUT2D eigenvalue weighted by Gasteiger charge is 2.05. The molecule has 0 heterocycles. The van der Waals surface area contributed by atoms with E-state index in [1.54, 1.807) is 0 Å². The summed E-state index contributed by atoms with van der Waals surface area (Å²) in [6, 6.07) is 0. The van der Waals surface area contributed by atoms with Crippen LogP contribution in [0.4, 0.5) is 0 Å². The van der Waals surface area contributed by atoms with Crippen LogP contribution in [0, 0.1) is 5.92 Å². The Bertz CT molecular complexity index is 229. The number of sulfonamides is 1. The Kier molecular flexibility index (Phi) is 7.54. The average molecular weight is 244 g/mol. The minimum Gasteiger partial charge on any atom is -0.381 e. The maximum Gasteiger partial charge on any atom is 0.225 e. The number of alkyl halides is 1. The first-order valence-electron chi connectivity index (χ1n) is 4.59. The third kappa shape index (κ3) is 8.74. The van der Waals surface area contributed by atoms with Crippen LogP contribution in [-0.4, -0.2) is 33.4 Å². The number of rotatable bonds is 8. The maximum absolute atomic E-state index is 10.9. The van der Waals surface area contributed by atoms with Crippen molar-refractivity contribution in [2.24, 2.45) is 5.92 Å². The minimum absolute atomic E-state index is 0.382. The normalized spacial score (nSPS) is 12.3. The van der Waals surface area contributed by atoms with E-state index in [2.05, 4.69) is 18.6 Å². The first-order chi connectivity index (χ1) is 6.48. The first-order valence-corrected chi connectivity index (χ1v) is 6.77. The molecule has 0 aromatic rings. The van der Waals surface area contributed by atoms with E-state index in [1.165, 1.54) is 0 Å². The van der Waals surface area contributed by atoms with Crippen molar-refractivity contribution in [1.29, 1.82) is 0 Å². The summed E-state index contributed by atoms with van der Waals surface area (Å²) < 4.78 is 29.3. The average Bonchev–Trinajstić information content (AvgIpc) is 2.10. The highest BCUT2D eigenvalue weighted by Crippen LogP contribution is 1.93. The lowest BCUT2D eigenvalue weighted by Crippen LogP contribution is -2.26. The van der Waals surface area contributed by atoms with Crippen LogP contribution in [0.1, 0.15) is 20.3 Å². The van der Waals surface area contributed by atoms with Gasteiger partial charge in [0.15, 0.2) is 0 Å². The van der Waals surface area contributed by atoms with E-state index in [-0.39, 0.29) is 5.21 Å². The van der Waals surface area contributed by atoms with Gasteiger partial charge in [-0.25, -0.2) is 13.1 Å². The molecule has 0 amide bonds. The molecule has 0 aromatic heterocycles. The smallest absolute Gasteiger partial charge is 0.225 e. The molecule has 4 nitrogen and oxygen atoms in total. The SMILES string of the molecule is CC(C)COCCCNS(=O)(=O)CCl. The minimum atomic E-state index is -3.26. The Labute approximate surface area is 91.0 Å². The summed E-state index contributed by atoms with van der Waals surface area (Å²) >= 11 is 5.19. The lowest BCUT2D eigenvalue weighted by atomic mass is 10.2. The van der Waals surface area contributed by atoms with Gasteiger partial charge in [0.2, 0.25) is 10.0 Å². The predicted octanol–water partition coefficient (Wildman–Crippen LogP) is 1.16. The second kappa shape index (κ2) is 7.45. The molecule has 0 spiro atoms. The topological polar surface area (TPSA) is 55.4 Å². The summed E-state index contributed by atoms with van der Waals surface area (Å²) in [6.07, 6.45) is 0.669. The molecule has 0 aromatic carbocycles. The molecule has 0 aliphatic carbocycles. The Hall–Kier alpha value is 0.160. The van der Waals surface area contributed by atoms with Crippen LogP contribution in [0.3, 0.4) is 0 Å². The molecule has 86 valence electrons. The zero-order valence-electron chi connectivity index (χ0n) is 8.62. The fraction of sp³-hybridized carbons (Fsp3) is 1.00. The lowest BCUT2D eigenvalue weighted by Gasteiger charge is -2.07. The van der Waals surface area contributed by atoms with Gasteiger partial charge < -0.3 is 4.74 Å². The molecule has 0 saturated heterocycles. The molecule has 0 rings (SSSR count). The first kappa shape index (κ1) is 14.2. The van der Waals surface area contributed by atoms with Crippen LogP contribution in [0.5, 0.6) is 0 Å². The van der Waals surface area contributed by atoms with Gasteiger partial charge in [-0.05, 0) is 12.3 Å². The molecule has 0 aliphatic rings. The molecule has 0 radical (unpaired) electrons. The van der Waals surface area contributed by atoms with Gasteiger partial charge in [-0.3, -0.25) is 0 Å². The van der Waals surface area contributed by atoms with Crippen molar-refractivity contribution in [2.45, 2.75) is 20.3 Å². The van der Waals surface area contributed by atoms with Crippen LogP contribution in [0.2, 0.25) is 0 Å². The third-order valence-corrected chi connectivity index (χ3v) is 3.18. The lowest BCUT2D eigenvalue weighted by molar-refractivity contribution is 0.109. The Balaban J connectivity index is 3.31. The number of nitrogens with one attached hydrogen (secondary N) is 1. The second-order valence-electron chi connectivity index (χ2n) is 3.44. The van der Waals surface area contributed by atoms with E-state index in [9.17, 15) is 8.42 Å². The van der Waals surface area contributed by atoms with Crippen LogP contribution in [0.25, 0.3) is 0 Å². The number of halogens is 1. The largest absolute Gasteiger partial charge is 0.381 e. The summed E-state index contributed by atoms with van der Waals surface area (Å²) in [6.45, 7) is 5.80. The quantitative estimate of drug-likeness (QED) is 0.514. The number of ether oxygens (including phenoxy) is 1. The molecule has 0 fully saturated rings. The highest BCUT2D eigenvalue weighted by atomic mass is 35.5. The van der Waals surface area contributed by atoms with Crippen molar-refractivity contribution in [1.82, 2.24) is 4.72 Å². The molecule has 14 heavy (non-hydrogen) atoms. The van der Waals surface area contributed by atoms with Crippen molar-refractivity contribution in [3.63, 3.8) is 0 Å². The van der Waals surface area contributed by atoms with Crippen molar-refractivity contribution in [2.75, 3.05) is 25.0 Å². The van der Waals surface area contributed by atoms with E-state index in [0.29, 0.717) is 32.1 Å². The summed E-state index contributed by atoms with van der Waals surface area (Å²) in [7, 11) is -3.26. The van der Waals surface area contributed by atoms with Crippen molar-refractivity contribution >= 4 is 21.6 Å². The fourth-order valence-corrected chi connectivity index (χ4v) is 1.52. The molecule has 0 unspecified atom stereocenters. The summed E-state index contributed by atoms with van der Waals surface area (Å²) in [5.41, 5.74) is 0. The van der Waals surface area contributed by atoms with E-state index < -0.39 is 10.0 Å².